The zero-order valence-corrected chi connectivity index (χ0v) is 23.7. The Morgan fingerprint density at radius 3 is 2.58 bits per heavy atom. The minimum absolute atomic E-state index is 0.0296. The van der Waals surface area contributed by atoms with E-state index in [1.54, 1.807) is 0 Å². The average Bonchev–Trinajstić information content (AvgIpc) is 3.33. The van der Waals surface area contributed by atoms with Crippen molar-refractivity contribution in [1.29, 1.82) is 0 Å². The standard InChI is InChI=1S/C30H38N3O4S/c1-21-26-12-9-13-27(23-15-31-32(16-23)25-18-35-19-25)28(26)14-24(20-37-38(5)30(2,3)4)33(21)29(34)36-17-22-10-7-6-8-11-22/h6-13,15-16,21,24-25H,14,17-20H2,1-5H3/q+1/t21-,24+,38?/m0/s1. The highest BCUT2D eigenvalue weighted by molar-refractivity contribution is 7.93. The third-order valence-corrected chi connectivity index (χ3v) is 9.75. The molecule has 2 aliphatic heterocycles. The van der Waals surface area contributed by atoms with Crippen LogP contribution >= 0.6 is 0 Å². The van der Waals surface area contributed by atoms with E-state index in [4.69, 9.17) is 13.7 Å². The lowest BCUT2D eigenvalue weighted by atomic mass is 9.85. The first-order valence-corrected chi connectivity index (χ1v) is 14.8. The highest BCUT2D eigenvalue weighted by Gasteiger charge is 2.40. The Balaban J connectivity index is 1.43. The normalized spacial score (nSPS) is 20.5. The number of benzene rings is 2. The molecule has 202 valence electrons. The van der Waals surface area contributed by atoms with Gasteiger partial charge in [0.2, 0.25) is 0 Å². The molecule has 2 aromatic carbocycles. The van der Waals surface area contributed by atoms with Gasteiger partial charge in [-0.3, -0.25) is 9.58 Å². The van der Waals surface area contributed by atoms with Crippen molar-refractivity contribution < 1.29 is 18.5 Å². The molecule has 1 saturated heterocycles. The van der Waals surface area contributed by atoms with Crippen LogP contribution in [-0.4, -0.2) is 57.6 Å². The maximum atomic E-state index is 13.5. The predicted octanol–water partition coefficient (Wildman–Crippen LogP) is 5.72. The number of aromatic nitrogens is 2. The fourth-order valence-corrected chi connectivity index (χ4v) is 5.66. The van der Waals surface area contributed by atoms with Crippen molar-refractivity contribution in [2.45, 2.75) is 63.6 Å². The van der Waals surface area contributed by atoms with Gasteiger partial charge in [0.05, 0.1) is 37.5 Å². The summed E-state index contributed by atoms with van der Waals surface area (Å²) in [5.41, 5.74) is 5.61. The number of carbonyl (C=O) groups excluding carboxylic acids is 1. The van der Waals surface area contributed by atoms with Crippen LogP contribution in [0.1, 0.15) is 56.5 Å². The summed E-state index contributed by atoms with van der Waals surface area (Å²) in [5.74, 6) is 0. The second-order valence-corrected chi connectivity index (χ2v) is 13.5. The van der Waals surface area contributed by atoms with E-state index >= 15 is 0 Å². The van der Waals surface area contributed by atoms with Crippen molar-refractivity contribution >= 4 is 17.3 Å². The lowest BCUT2D eigenvalue weighted by Gasteiger charge is -2.41. The lowest BCUT2D eigenvalue weighted by Crippen LogP contribution is -2.49. The molecule has 3 aromatic rings. The Bertz CT molecular complexity index is 1250. The van der Waals surface area contributed by atoms with Crippen LogP contribution in [0.3, 0.4) is 0 Å². The Morgan fingerprint density at radius 2 is 1.89 bits per heavy atom. The number of amides is 1. The maximum Gasteiger partial charge on any atom is 0.410 e. The molecule has 0 radical (unpaired) electrons. The van der Waals surface area contributed by atoms with Gasteiger partial charge in [0.25, 0.3) is 0 Å². The van der Waals surface area contributed by atoms with Crippen molar-refractivity contribution in [1.82, 2.24) is 14.7 Å². The molecular formula is C30H38N3O4S+. The van der Waals surface area contributed by atoms with E-state index in [2.05, 4.69) is 63.4 Å². The molecule has 0 aliphatic carbocycles. The van der Waals surface area contributed by atoms with Crippen molar-refractivity contribution in [3.8, 4) is 11.1 Å². The van der Waals surface area contributed by atoms with E-state index in [0.717, 1.165) is 22.3 Å². The van der Waals surface area contributed by atoms with Gasteiger partial charge in [-0.05, 0) is 56.4 Å². The lowest BCUT2D eigenvalue weighted by molar-refractivity contribution is -0.0286. The quantitative estimate of drug-likeness (QED) is 0.361. The SMILES string of the molecule is C[C@H]1c2cccc(-c3cnn(C4COC4)c3)c2C[C@H](CO[S+](C)C(C)(C)C)N1C(=O)OCc1ccccc1. The number of carbonyl (C=O) groups is 1. The molecule has 2 aliphatic rings. The molecular weight excluding hydrogens is 498 g/mol. The number of nitrogens with zero attached hydrogens (tertiary/aromatic N) is 3. The topological polar surface area (TPSA) is 65.8 Å². The summed E-state index contributed by atoms with van der Waals surface area (Å²) in [6.45, 7) is 10.7. The van der Waals surface area contributed by atoms with Crippen LogP contribution in [0.25, 0.3) is 11.1 Å². The third kappa shape index (κ3) is 5.63. The molecule has 3 heterocycles. The highest BCUT2D eigenvalue weighted by Crippen LogP contribution is 2.39. The number of hydrogen-bond donors (Lipinski definition) is 0. The zero-order valence-electron chi connectivity index (χ0n) is 22.9. The van der Waals surface area contributed by atoms with Gasteiger partial charge in [-0.2, -0.15) is 9.28 Å². The van der Waals surface area contributed by atoms with Crippen molar-refractivity contribution in [3.63, 3.8) is 0 Å². The number of ether oxygens (including phenoxy) is 2. The minimum atomic E-state index is -0.310. The summed E-state index contributed by atoms with van der Waals surface area (Å²) in [5, 5.41) is 4.61. The number of rotatable bonds is 7. The van der Waals surface area contributed by atoms with E-state index in [1.807, 2.05) is 46.1 Å². The molecule has 1 unspecified atom stereocenters. The van der Waals surface area contributed by atoms with Crippen molar-refractivity contribution in [3.05, 3.63) is 77.6 Å². The zero-order chi connectivity index (χ0) is 26.9. The predicted molar refractivity (Wildman–Crippen MR) is 151 cm³/mol. The molecule has 5 rings (SSSR count). The van der Waals surface area contributed by atoms with Gasteiger partial charge in [0.15, 0.2) is 4.75 Å². The van der Waals surface area contributed by atoms with Crippen LogP contribution in [0.5, 0.6) is 0 Å². The fraction of sp³-hybridized carbons (Fsp3) is 0.467. The molecule has 1 aromatic heterocycles. The molecule has 0 bridgehead atoms. The first-order chi connectivity index (χ1) is 18.2. The highest BCUT2D eigenvalue weighted by atomic mass is 32.2. The molecule has 3 atom stereocenters. The van der Waals surface area contributed by atoms with Crippen LogP contribution in [0.2, 0.25) is 0 Å². The van der Waals surface area contributed by atoms with Gasteiger partial charge in [-0.1, -0.05) is 48.5 Å². The summed E-state index contributed by atoms with van der Waals surface area (Å²) in [6.07, 6.45) is 6.56. The van der Waals surface area contributed by atoms with E-state index < -0.39 is 0 Å². The van der Waals surface area contributed by atoms with E-state index in [1.165, 1.54) is 5.56 Å². The van der Waals surface area contributed by atoms with Crippen LogP contribution < -0.4 is 0 Å². The molecule has 38 heavy (non-hydrogen) atoms. The molecule has 7 nitrogen and oxygen atoms in total. The second-order valence-electron chi connectivity index (χ2n) is 11.1. The van der Waals surface area contributed by atoms with E-state index in [-0.39, 0.29) is 40.7 Å². The molecule has 0 saturated carbocycles. The third-order valence-electron chi connectivity index (χ3n) is 7.54. The Kier molecular flexibility index (Phi) is 7.84. The largest absolute Gasteiger partial charge is 0.445 e. The summed E-state index contributed by atoms with van der Waals surface area (Å²) < 4.78 is 19.6. The fourth-order valence-electron chi connectivity index (χ4n) is 4.94. The Labute approximate surface area is 228 Å². The second kappa shape index (κ2) is 11.1. The van der Waals surface area contributed by atoms with Crippen LogP contribution in [0, 0.1) is 0 Å². The van der Waals surface area contributed by atoms with Gasteiger partial charge < -0.3 is 9.47 Å². The summed E-state index contributed by atoms with van der Waals surface area (Å²) in [4.78, 5) is 15.4. The maximum absolute atomic E-state index is 13.5. The monoisotopic (exact) mass is 536 g/mol. The molecule has 1 fully saturated rings. The van der Waals surface area contributed by atoms with Gasteiger partial charge in [-0.25, -0.2) is 4.79 Å². The van der Waals surface area contributed by atoms with E-state index in [0.29, 0.717) is 32.3 Å². The van der Waals surface area contributed by atoms with Crippen LogP contribution in [-0.2, 0) is 37.9 Å². The molecule has 0 N–H and O–H groups in total. The van der Waals surface area contributed by atoms with Crippen molar-refractivity contribution in [2.75, 3.05) is 26.1 Å². The van der Waals surface area contributed by atoms with Gasteiger partial charge >= 0.3 is 6.09 Å². The van der Waals surface area contributed by atoms with Crippen LogP contribution in [0.4, 0.5) is 4.79 Å². The minimum Gasteiger partial charge on any atom is -0.445 e. The molecule has 8 heteroatoms. The summed E-state index contributed by atoms with van der Waals surface area (Å²) in [6, 6.07) is 16.2. The molecule has 0 spiro atoms. The first-order valence-electron chi connectivity index (χ1n) is 13.2. The smallest absolute Gasteiger partial charge is 0.410 e. The van der Waals surface area contributed by atoms with Crippen molar-refractivity contribution in [2.24, 2.45) is 0 Å². The van der Waals surface area contributed by atoms with Gasteiger partial charge in [-0.15, -0.1) is 0 Å². The van der Waals surface area contributed by atoms with Gasteiger partial charge in [0, 0.05) is 11.8 Å². The molecule has 1 amide bonds. The summed E-state index contributed by atoms with van der Waals surface area (Å²) in [7, 11) is 0. The summed E-state index contributed by atoms with van der Waals surface area (Å²) >= 11 is -0.262. The first kappa shape index (κ1) is 26.8. The average molecular weight is 537 g/mol. The van der Waals surface area contributed by atoms with Crippen LogP contribution in [0.15, 0.2) is 60.9 Å². The number of fused-ring (bicyclic) bond motifs is 1. The number of hydrogen-bond acceptors (Lipinski definition) is 5. The van der Waals surface area contributed by atoms with E-state index in [9.17, 15) is 4.79 Å². The Hall–Kier alpha value is -2.81. The Morgan fingerprint density at radius 1 is 1.13 bits per heavy atom. The van der Waals surface area contributed by atoms with Gasteiger partial charge in [0.1, 0.15) is 30.6 Å².